The van der Waals surface area contributed by atoms with E-state index >= 15 is 0 Å². The molecule has 0 aromatic heterocycles. The first-order chi connectivity index (χ1) is 32.2. The molecular formula is C63H61BN2S. The normalized spacial score (nSPS) is 15.2. The number of benzene rings is 8. The highest BCUT2D eigenvalue weighted by atomic mass is 32.2. The molecule has 0 bridgehead atoms. The van der Waals surface area contributed by atoms with Gasteiger partial charge in [-0.25, -0.2) is 0 Å². The van der Waals surface area contributed by atoms with E-state index in [1.54, 1.807) is 0 Å². The van der Waals surface area contributed by atoms with Crippen molar-refractivity contribution in [3.63, 3.8) is 0 Å². The van der Waals surface area contributed by atoms with Crippen LogP contribution in [0.3, 0.4) is 0 Å². The van der Waals surface area contributed by atoms with Gasteiger partial charge in [0, 0.05) is 27.1 Å². The lowest BCUT2D eigenvalue weighted by molar-refractivity contribution is 0.631. The van der Waals surface area contributed by atoms with Crippen molar-refractivity contribution < 1.29 is 0 Å². The summed E-state index contributed by atoms with van der Waals surface area (Å²) in [6.07, 6.45) is 0. The van der Waals surface area contributed by atoms with Gasteiger partial charge in [-0.05, 0) is 146 Å². The van der Waals surface area contributed by atoms with Gasteiger partial charge in [0.15, 0.2) is 0 Å². The standard InChI is InChI=1S/C63H61BN2S/c1-39(2)44-34-48(40(3)4)61(49(35-44)41(5)6)64-55-31-30-46(38-50(55)47-22-14-19-27-60(47)67-64)66-57-26-18-16-24-52(57)63(9,10)54-37-43(29-33-59(54)66)42-28-32-58-53(36-42)62(7,8)51-23-15-17-25-56(51)65(58)45-20-12-11-13-21-45/h11-41H,1-10H3. The van der Waals surface area contributed by atoms with Gasteiger partial charge in [-0.2, -0.15) is 11.6 Å². The molecule has 3 heterocycles. The number of hydrogen-bond acceptors (Lipinski definition) is 3. The van der Waals surface area contributed by atoms with Crippen molar-refractivity contribution in [2.45, 2.75) is 103 Å². The molecule has 0 radical (unpaired) electrons. The lowest BCUT2D eigenvalue weighted by atomic mass is 9.54. The lowest BCUT2D eigenvalue weighted by Crippen LogP contribution is -2.46. The van der Waals surface area contributed by atoms with Crippen LogP contribution in [-0.4, -0.2) is 5.99 Å². The Morgan fingerprint density at radius 1 is 0.418 bits per heavy atom. The first-order valence-corrected chi connectivity index (χ1v) is 25.3. The Hall–Kier alpha value is -6.23. The minimum Gasteiger partial charge on any atom is -0.310 e. The van der Waals surface area contributed by atoms with E-state index in [1.807, 2.05) is 11.6 Å². The molecule has 0 aliphatic carbocycles. The van der Waals surface area contributed by atoms with Crippen LogP contribution in [0.25, 0.3) is 22.3 Å². The quantitative estimate of drug-likeness (QED) is 0.147. The highest BCUT2D eigenvalue weighted by Gasteiger charge is 2.41. The zero-order valence-electron chi connectivity index (χ0n) is 40.8. The fourth-order valence-corrected chi connectivity index (χ4v) is 13.0. The summed E-state index contributed by atoms with van der Waals surface area (Å²) in [5.74, 6) is 1.49. The van der Waals surface area contributed by atoms with Gasteiger partial charge in [0.05, 0.1) is 22.7 Å². The summed E-state index contributed by atoms with van der Waals surface area (Å²) in [6, 6.07) is 64.7. The van der Waals surface area contributed by atoms with Gasteiger partial charge >= 0.3 is 0 Å². The SMILES string of the molecule is CC(C)c1cc(C(C)C)c(B2Sc3ccccc3-c3cc(N4c5ccccc5C(C)(C)c5cc(-c6ccc7c(c6)C(C)(C)c6ccccc6N7c6ccccc6)ccc54)ccc32)c(C(C)C)c1. The molecule has 4 heteroatoms. The fourth-order valence-electron chi connectivity index (χ4n) is 11.6. The first kappa shape index (κ1) is 43.4. The predicted molar refractivity (Wildman–Crippen MR) is 291 cm³/mol. The second-order valence-electron chi connectivity index (χ2n) is 21.1. The van der Waals surface area contributed by atoms with E-state index in [4.69, 9.17) is 0 Å². The maximum Gasteiger partial charge on any atom is 0.282 e. The van der Waals surface area contributed by atoms with Gasteiger partial charge in [-0.1, -0.05) is 183 Å². The second kappa shape index (κ2) is 16.2. The average Bonchev–Trinajstić information content (AvgIpc) is 3.33. The first-order valence-electron chi connectivity index (χ1n) is 24.5. The van der Waals surface area contributed by atoms with Crippen molar-refractivity contribution in [2.75, 3.05) is 9.80 Å². The molecule has 2 nitrogen and oxygen atoms in total. The van der Waals surface area contributed by atoms with Crippen molar-refractivity contribution in [3.05, 3.63) is 209 Å². The zero-order valence-corrected chi connectivity index (χ0v) is 41.6. The molecule has 0 saturated carbocycles. The van der Waals surface area contributed by atoms with E-state index in [1.165, 1.54) is 111 Å². The largest absolute Gasteiger partial charge is 0.310 e. The number of rotatable bonds is 7. The van der Waals surface area contributed by atoms with Crippen molar-refractivity contribution in [2.24, 2.45) is 0 Å². The number of nitrogens with zero attached hydrogens (tertiary/aromatic N) is 2. The predicted octanol–water partition coefficient (Wildman–Crippen LogP) is 16.8. The van der Waals surface area contributed by atoms with Crippen LogP contribution in [0, 0.1) is 0 Å². The molecule has 8 aromatic carbocycles. The molecule has 0 N–H and O–H groups in total. The van der Waals surface area contributed by atoms with Gasteiger partial charge in [-0.3, -0.25) is 0 Å². The maximum absolute atomic E-state index is 2.54. The molecule has 332 valence electrons. The van der Waals surface area contributed by atoms with Crippen LogP contribution in [0.15, 0.2) is 175 Å². The van der Waals surface area contributed by atoms with Crippen LogP contribution in [0.1, 0.15) is 126 Å². The van der Waals surface area contributed by atoms with E-state index in [9.17, 15) is 0 Å². The molecule has 0 unspecified atom stereocenters. The van der Waals surface area contributed by atoms with Crippen molar-refractivity contribution in [3.8, 4) is 22.3 Å². The Morgan fingerprint density at radius 2 is 0.910 bits per heavy atom. The van der Waals surface area contributed by atoms with Gasteiger partial charge in [0.25, 0.3) is 5.99 Å². The van der Waals surface area contributed by atoms with Crippen LogP contribution in [0.5, 0.6) is 0 Å². The second-order valence-corrected chi connectivity index (χ2v) is 22.2. The van der Waals surface area contributed by atoms with E-state index in [-0.39, 0.29) is 16.8 Å². The Kier molecular flexibility index (Phi) is 10.5. The summed E-state index contributed by atoms with van der Waals surface area (Å²) in [6.45, 7) is 23.8. The van der Waals surface area contributed by atoms with Gasteiger partial charge < -0.3 is 9.80 Å². The minimum absolute atomic E-state index is 0.187. The number of hydrogen-bond donors (Lipinski definition) is 0. The summed E-state index contributed by atoms with van der Waals surface area (Å²) in [5.41, 5.74) is 24.7. The van der Waals surface area contributed by atoms with Gasteiger partial charge in [0.1, 0.15) is 0 Å². The van der Waals surface area contributed by atoms with E-state index in [0.29, 0.717) is 17.8 Å². The molecule has 67 heavy (non-hydrogen) atoms. The Bertz CT molecular complexity index is 3200. The summed E-state index contributed by atoms with van der Waals surface area (Å²) >= 11 is 2.04. The van der Waals surface area contributed by atoms with Crippen molar-refractivity contribution >= 4 is 62.7 Å². The summed E-state index contributed by atoms with van der Waals surface area (Å²) in [5, 5.41) is 0. The summed E-state index contributed by atoms with van der Waals surface area (Å²) in [7, 11) is 0. The smallest absolute Gasteiger partial charge is 0.282 e. The molecule has 0 saturated heterocycles. The molecular weight excluding hydrogens is 828 g/mol. The van der Waals surface area contributed by atoms with E-state index < -0.39 is 0 Å². The molecule has 0 amide bonds. The molecule has 8 aromatic rings. The third kappa shape index (κ3) is 6.92. The van der Waals surface area contributed by atoms with Gasteiger partial charge in [-0.15, -0.1) is 0 Å². The highest BCUT2D eigenvalue weighted by molar-refractivity contribution is 8.28. The Labute approximate surface area is 404 Å². The monoisotopic (exact) mass is 888 g/mol. The lowest BCUT2D eigenvalue weighted by Gasteiger charge is -2.43. The summed E-state index contributed by atoms with van der Waals surface area (Å²) in [4.78, 5) is 6.33. The van der Waals surface area contributed by atoms with Crippen LogP contribution in [0.4, 0.5) is 34.1 Å². The average molecular weight is 889 g/mol. The topological polar surface area (TPSA) is 6.48 Å². The van der Waals surface area contributed by atoms with Crippen LogP contribution < -0.4 is 20.7 Å². The summed E-state index contributed by atoms with van der Waals surface area (Å²) < 4.78 is 0. The van der Waals surface area contributed by atoms with E-state index in [2.05, 4.69) is 249 Å². The third-order valence-electron chi connectivity index (χ3n) is 15.2. The minimum atomic E-state index is -0.236. The molecule has 0 spiro atoms. The van der Waals surface area contributed by atoms with Crippen LogP contribution >= 0.6 is 11.6 Å². The third-order valence-corrected chi connectivity index (χ3v) is 16.6. The molecule has 0 atom stereocenters. The molecule has 3 aliphatic rings. The van der Waals surface area contributed by atoms with Crippen molar-refractivity contribution in [1.29, 1.82) is 0 Å². The number of anilines is 6. The number of para-hydroxylation sites is 3. The Morgan fingerprint density at radius 3 is 1.46 bits per heavy atom. The fraction of sp³-hybridized carbons (Fsp3) is 0.238. The van der Waals surface area contributed by atoms with Crippen LogP contribution in [0.2, 0.25) is 0 Å². The Balaban J connectivity index is 1.06. The van der Waals surface area contributed by atoms with Crippen molar-refractivity contribution in [1.82, 2.24) is 0 Å². The number of fused-ring (bicyclic) bond motifs is 7. The van der Waals surface area contributed by atoms with E-state index in [0.717, 1.165) is 0 Å². The van der Waals surface area contributed by atoms with Crippen LogP contribution in [-0.2, 0) is 10.8 Å². The molecule has 11 rings (SSSR count). The highest BCUT2D eigenvalue weighted by Crippen LogP contribution is 2.55. The molecule has 0 fully saturated rings. The maximum atomic E-state index is 2.54. The zero-order chi connectivity index (χ0) is 46.5. The van der Waals surface area contributed by atoms with Gasteiger partial charge in [0.2, 0.25) is 0 Å². The molecule has 3 aliphatic heterocycles.